The molecule has 4 heteroatoms. The minimum atomic E-state index is 0.610. The van der Waals surface area contributed by atoms with Crippen molar-refractivity contribution in [2.45, 2.75) is 26.3 Å². The van der Waals surface area contributed by atoms with Crippen molar-refractivity contribution in [1.82, 2.24) is 5.32 Å². The molecule has 1 N–H and O–H groups in total. The van der Waals surface area contributed by atoms with E-state index >= 15 is 0 Å². The van der Waals surface area contributed by atoms with Gasteiger partial charge in [-0.3, -0.25) is 0 Å². The zero-order valence-electron chi connectivity index (χ0n) is 11.8. The lowest BCUT2D eigenvalue weighted by Crippen LogP contribution is -2.22. The number of halogens is 1. The molecule has 1 aromatic rings. The summed E-state index contributed by atoms with van der Waals surface area (Å²) < 4.78 is 10.5. The maximum absolute atomic E-state index is 6.34. The van der Waals surface area contributed by atoms with Gasteiger partial charge >= 0.3 is 0 Å². The van der Waals surface area contributed by atoms with E-state index in [0.717, 1.165) is 30.5 Å². The van der Waals surface area contributed by atoms with Crippen molar-refractivity contribution in [3.05, 3.63) is 22.7 Å². The lowest BCUT2D eigenvalue weighted by molar-refractivity contribution is 0.354. The first-order valence-corrected chi connectivity index (χ1v) is 7.15. The summed E-state index contributed by atoms with van der Waals surface area (Å²) in [5, 5.41) is 4.10. The first-order chi connectivity index (χ1) is 9.17. The van der Waals surface area contributed by atoms with Gasteiger partial charge in [0.15, 0.2) is 11.5 Å². The molecule has 0 aliphatic heterocycles. The van der Waals surface area contributed by atoms with Crippen LogP contribution in [0.1, 0.15) is 25.3 Å². The standard InChI is InChI=1S/C15H22ClNO2/c1-10(11-4-5-11)8-17-9-12-6-7-13(18-2)15(19-3)14(12)16/h6-7,10-11,17H,4-5,8-9H2,1-3H3. The summed E-state index contributed by atoms with van der Waals surface area (Å²) in [6.45, 7) is 4.10. The molecule has 2 rings (SSSR count). The van der Waals surface area contributed by atoms with Gasteiger partial charge < -0.3 is 14.8 Å². The van der Waals surface area contributed by atoms with Crippen molar-refractivity contribution in [3.63, 3.8) is 0 Å². The van der Waals surface area contributed by atoms with Crippen molar-refractivity contribution in [1.29, 1.82) is 0 Å². The highest BCUT2D eigenvalue weighted by atomic mass is 35.5. The zero-order valence-corrected chi connectivity index (χ0v) is 12.6. The quantitative estimate of drug-likeness (QED) is 0.831. The number of benzene rings is 1. The third-order valence-corrected chi connectivity index (χ3v) is 4.19. The second-order valence-corrected chi connectivity index (χ2v) is 5.60. The van der Waals surface area contributed by atoms with Crippen LogP contribution in [-0.2, 0) is 6.54 Å². The molecular weight excluding hydrogens is 262 g/mol. The van der Waals surface area contributed by atoms with Gasteiger partial charge in [0.05, 0.1) is 19.2 Å². The molecule has 0 spiro atoms. The van der Waals surface area contributed by atoms with Gasteiger partial charge in [0.2, 0.25) is 0 Å². The smallest absolute Gasteiger partial charge is 0.179 e. The number of hydrogen-bond acceptors (Lipinski definition) is 3. The predicted octanol–water partition coefficient (Wildman–Crippen LogP) is 3.49. The van der Waals surface area contributed by atoms with Gasteiger partial charge in [0.1, 0.15) is 0 Å². The number of ether oxygens (including phenoxy) is 2. The Hall–Kier alpha value is -0.930. The summed E-state index contributed by atoms with van der Waals surface area (Å²) in [6, 6.07) is 3.88. The van der Waals surface area contributed by atoms with E-state index in [1.807, 2.05) is 12.1 Å². The molecule has 1 aliphatic rings. The number of rotatable bonds is 7. The summed E-state index contributed by atoms with van der Waals surface area (Å²) in [5.74, 6) is 2.95. The Morgan fingerprint density at radius 3 is 2.63 bits per heavy atom. The van der Waals surface area contributed by atoms with Crippen LogP contribution in [-0.4, -0.2) is 20.8 Å². The van der Waals surface area contributed by atoms with Crippen molar-refractivity contribution < 1.29 is 9.47 Å². The number of hydrogen-bond donors (Lipinski definition) is 1. The van der Waals surface area contributed by atoms with E-state index in [0.29, 0.717) is 16.5 Å². The van der Waals surface area contributed by atoms with E-state index in [1.165, 1.54) is 12.8 Å². The van der Waals surface area contributed by atoms with E-state index in [4.69, 9.17) is 21.1 Å². The molecule has 0 saturated heterocycles. The average molecular weight is 284 g/mol. The molecule has 0 heterocycles. The monoisotopic (exact) mass is 283 g/mol. The summed E-state index contributed by atoms with van der Waals surface area (Å²) in [4.78, 5) is 0. The fraction of sp³-hybridized carbons (Fsp3) is 0.600. The normalized spacial score (nSPS) is 16.2. The molecule has 1 saturated carbocycles. The molecule has 1 fully saturated rings. The summed E-state index contributed by atoms with van der Waals surface area (Å²) >= 11 is 6.34. The van der Waals surface area contributed by atoms with Gasteiger partial charge in [0.25, 0.3) is 0 Å². The van der Waals surface area contributed by atoms with Crippen LogP contribution < -0.4 is 14.8 Å². The fourth-order valence-corrected chi connectivity index (χ4v) is 2.63. The lowest BCUT2D eigenvalue weighted by atomic mass is 10.1. The topological polar surface area (TPSA) is 30.5 Å². The van der Waals surface area contributed by atoms with Crippen molar-refractivity contribution in [2.24, 2.45) is 11.8 Å². The third kappa shape index (κ3) is 3.54. The van der Waals surface area contributed by atoms with Crippen molar-refractivity contribution in [3.8, 4) is 11.5 Å². The predicted molar refractivity (Wildman–Crippen MR) is 78.2 cm³/mol. The maximum atomic E-state index is 6.34. The molecular formula is C15H22ClNO2. The maximum Gasteiger partial charge on any atom is 0.179 e. The van der Waals surface area contributed by atoms with E-state index in [-0.39, 0.29) is 0 Å². The van der Waals surface area contributed by atoms with Crippen LogP contribution >= 0.6 is 11.6 Å². The first-order valence-electron chi connectivity index (χ1n) is 6.77. The molecule has 1 aliphatic carbocycles. The molecule has 106 valence electrons. The van der Waals surface area contributed by atoms with Gasteiger partial charge in [-0.15, -0.1) is 0 Å². The molecule has 1 aromatic carbocycles. The molecule has 0 aromatic heterocycles. The average Bonchev–Trinajstić information content (AvgIpc) is 3.24. The Morgan fingerprint density at radius 1 is 1.32 bits per heavy atom. The zero-order chi connectivity index (χ0) is 13.8. The first kappa shape index (κ1) is 14.5. The largest absolute Gasteiger partial charge is 0.493 e. The van der Waals surface area contributed by atoms with E-state index < -0.39 is 0 Å². The van der Waals surface area contributed by atoms with Crippen LogP contribution in [0.5, 0.6) is 11.5 Å². The highest BCUT2D eigenvalue weighted by Gasteiger charge is 2.27. The minimum absolute atomic E-state index is 0.610. The highest BCUT2D eigenvalue weighted by molar-refractivity contribution is 6.33. The van der Waals surface area contributed by atoms with Gasteiger partial charge in [-0.25, -0.2) is 0 Å². The second kappa shape index (κ2) is 6.49. The Morgan fingerprint density at radius 2 is 2.05 bits per heavy atom. The van der Waals surface area contributed by atoms with E-state index in [2.05, 4.69) is 12.2 Å². The molecule has 1 atom stereocenters. The lowest BCUT2D eigenvalue weighted by Gasteiger charge is -2.15. The van der Waals surface area contributed by atoms with Gasteiger partial charge in [-0.1, -0.05) is 24.6 Å². The molecule has 3 nitrogen and oxygen atoms in total. The van der Waals surface area contributed by atoms with Crippen LogP contribution in [0.25, 0.3) is 0 Å². The van der Waals surface area contributed by atoms with Gasteiger partial charge in [0, 0.05) is 6.54 Å². The minimum Gasteiger partial charge on any atom is -0.493 e. The summed E-state index contributed by atoms with van der Waals surface area (Å²) in [7, 11) is 3.22. The Labute approximate surface area is 120 Å². The van der Waals surface area contributed by atoms with Crippen LogP contribution in [0.15, 0.2) is 12.1 Å². The van der Waals surface area contributed by atoms with Gasteiger partial charge in [-0.05, 0) is 42.9 Å². The number of methoxy groups -OCH3 is 2. The third-order valence-electron chi connectivity index (χ3n) is 3.77. The number of nitrogens with one attached hydrogen (secondary N) is 1. The molecule has 0 bridgehead atoms. The Bertz CT molecular complexity index is 432. The summed E-state index contributed by atoms with van der Waals surface area (Å²) in [6.07, 6.45) is 2.78. The molecule has 1 unspecified atom stereocenters. The second-order valence-electron chi connectivity index (χ2n) is 5.22. The fourth-order valence-electron chi connectivity index (χ4n) is 2.33. The van der Waals surface area contributed by atoms with Crippen molar-refractivity contribution >= 4 is 11.6 Å². The molecule has 0 amide bonds. The van der Waals surface area contributed by atoms with Crippen LogP contribution in [0.2, 0.25) is 5.02 Å². The van der Waals surface area contributed by atoms with Crippen molar-refractivity contribution in [2.75, 3.05) is 20.8 Å². The SMILES string of the molecule is COc1ccc(CNCC(C)C2CC2)c(Cl)c1OC. The summed E-state index contributed by atoms with van der Waals surface area (Å²) in [5.41, 5.74) is 1.04. The molecule has 0 radical (unpaired) electrons. The van der Waals surface area contributed by atoms with Crippen LogP contribution in [0, 0.1) is 11.8 Å². The molecule has 19 heavy (non-hydrogen) atoms. The Balaban J connectivity index is 1.95. The highest BCUT2D eigenvalue weighted by Crippen LogP contribution is 2.38. The van der Waals surface area contributed by atoms with E-state index in [9.17, 15) is 0 Å². The van der Waals surface area contributed by atoms with Crippen LogP contribution in [0.3, 0.4) is 0 Å². The van der Waals surface area contributed by atoms with E-state index in [1.54, 1.807) is 14.2 Å². The van der Waals surface area contributed by atoms with Crippen LogP contribution in [0.4, 0.5) is 0 Å². The Kier molecular flexibility index (Phi) is 4.94. The van der Waals surface area contributed by atoms with Gasteiger partial charge in [-0.2, -0.15) is 0 Å².